The van der Waals surface area contributed by atoms with E-state index in [4.69, 9.17) is 4.74 Å². The zero-order valence-electron chi connectivity index (χ0n) is 10.1. The molecule has 0 radical (unpaired) electrons. The van der Waals surface area contributed by atoms with Gasteiger partial charge in [-0.1, -0.05) is 0 Å². The van der Waals surface area contributed by atoms with Crippen LogP contribution in [0.15, 0.2) is 18.2 Å². The van der Waals surface area contributed by atoms with Crippen molar-refractivity contribution in [2.24, 2.45) is 0 Å². The van der Waals surface area contributed by atoms with Gasteiger partial charge in [0.15, 0.2) is 9.84 Å². The van der Waals surface area contributed by atoms with Crippen molar-refractivity contribution in [1.29, 1.82) is 0 Å². The molecule has 0 aliphatic carbocycles. The highest BCUT2D eigenvalue weighted by Crippen LogP contribution is 2.26. The zero-order valence-corrected chi connectivity index (χ0v) is 11.0. The van der Waals surface area contributed by atoms with Gasteiger partial charge in [-0.25, -0.2) is 8.42 Å². The predicted octanol–water partition coefficient (Wildman–Crippen LogP) is 0.440. The second-order valence-corrected chi connectivity index (χ2v) is 6.66. The molecule has 104 valence electrons. The molecule has 1 aliphatic heterocycles. The highest BCUT2D eigenvalue weighted by Gasteiger charge is 2.38. The highest BCUT2D eigenvalue weighted by molar-refractivity contribution is 7.91. The SMILES string of the molecule is Cc1cc(OC2CS(=O)(=O)CC2O)ccc1[N+](=O)[O-]. The second kappa shape index (κ2) is 4.78. The van der Waals surface area contributed by atoms with E-state index >= 15 is 0 Å². The average Bonchev–Trinajstić information content (AvgIpc) is 2.51. The normalized spacial score (nSPS) is 25.2. The third kappa shape index (κ3) is 3.02. The quantitative estimate of drug-likeness (QED) is 0.638. The van der Waals surface area contributed by atoms with Crippen LogP contribution >= 0.6 is 0 Å². The Balaban J connectivity index is 2.17. The van der Waals surface area contributed by atoms with Crippen LogP contribution in [0.3, 0.4) is 0 Å². The molecule has 1 aliphatic rings. The van der Waals surface area contributed by atoms with Gasteiger partial charge in [-0.05, 0) is 19.1 Å². The molecule has 0 saturated carbocycles. The number of benzene rings is 1. The lowest BCUT2D eigenvalue weighted by atomic mass is 10.2. The summed E-state index contributed by atoms with van der Waals surface area (Å²) in [6.45, 7) is 1.56. The van der Waals surface area contributed by atoms with Crippen LogP contribution in [0.4, 0.5) is 5.69 Å². The molecule has 7 nitrogen and oxygen atoms in total. The number of ether oxygens (including phenoxy) is 1. The molecular weight excluding hydrogens is 274 g/mol. The van der Waals surface area contributed by atoms with Gasteiger partial charge in [0.05, 0.1) is 16.4 Å². The van der Waals surface area contributed by atoms with Crippen molar-refractivity contribution in [3.05, 3.63) is 33.9 Å². The summed E-state index contributed by atoms with van der Waals surface area (Å²) in [4.78, 5) is 10.2. The van der Waals surface area contributed by atoms with Crippen molar-refractivity contribution in [3.63, 3.8) is 0 Å². The molecule has 0 amide bonds. The van der Waals surface area contributed by atoms with Gasteiger partial charge < -0.3 is 9.84 Å². The van der Waals surface area contributed by atoms with Gasteiger partial charge in [0, 0.05) is 11.6 Å². The van der Waals surface area contributed by atoms with Crippen molar-refractivity contribution in [2.75, 3.05) is 11.5 Å². The molecule has 8 heteroatoms. The third-order valence-electron chi connectivity index (χ3n) is 2.92. The monoisotopic (exact) mass is 287 g/mol. The number of aliphatic hydroxyl groups excluding tert-OH is 1. The fraction of sp³-hybridized carbons (Fsp3) is 0.455. The van der Waals surface area contributed by atoms with E-state index in [2.05, 4.69) is 0 Å². The van der Waals surface area contributed by atoms with Gasteiger partial charge in [-0.2, -0.15) is 0 Å². The first kappa shape index (κ1) is 13.8. The summed E-state index contributed by atoms with van der Waals surface area (Å²) in [6.07, 6.45) is -1.90. The second-order valence-electron chi connectivity index (χ2n) is 4.51. The maximum absolute atomic E-state index is 11.3. The lowest BCUT2D eigenvalue weighted by Crippen LogP contribution is -2.29. The van der Waals surface area contributed by atoms with Crippen molar-refractivity contribution in [3.8, 4) is 5.75 Å². The van der Waals surface area contributed by atoms with Gasteiger partial charge in [-0.15, -0.1) is 0 Å². The molecule has 1 aromatic carbocycles. The number of nitro groups is 1. The Labute approximate surface area is 109 Å². The number of aliphatic hydroxyl groups is 1. The van der Waals surface area contributed by atoms with E-state index in [1.54, 1.807) is 6.92 Å². The van der Waals surface area contributed by atoms with Gasteiger partial charge in [0.1, 0.15) is 18.0 Å². The number of aryl methyl sites for hydroxylation is 1. The van der Waals surface area contributed by atoms with Crippen LogP contribution in [0, 0.1) is 17.0 Å². The van der Waals surface area contributed by atoms with Gasteiger partial charge in [-0.3, -0.25) is 10.1 Å². The van der Waals surface area contributed by atoms with E-state index in [0.717, 1.165) is 0 Å². The lowest BCUT2D eigenvalue weighted by Gasteiger charge is -2.15. The maximum Gasteiger partial charge on any atom is 0.272 e. The topological polar surface area (TPSA) is 107 Å². The summed E-state index contributed by atoms with van der Waals surface area (Å²) in [6, 6.07) is 4.14. The Morgan fingerprint density at radius 1 is 1.42 bits per heavy atom. The lowest BCUT2D eigenvalue weighted by molar-refractivity contribution is -0.385. The van der Waals surface area contributed by atoms with Crippen LogP contribution in [-0.4, -0.2) is 42.2 Å². The van der Waals surface area contributed by atoms with E-state index in [1.807, 2.05) is 0 Å². The zero-order chi connectivity index (χ0) is 14.2. The highest BCUT2D eigenvalue weighted by atomic mass is 32.2. The average molecular weight is 287 g/mol. The molecule has 1 aromatic rings. The molecule has 2 rings (SSSR count). The van der Waals surface area contributed by atoms with E-state index in [0.29, 0.717) is 11.3 Å². The fourth-order valence-corrected chi connectivity index (χ4v) is 3.65. The van der Waals surface area contributed by atoms with Gasteiger partial charge in [0.25, 0.3) is 5.69 Å². The Hall–Kier alpha value is -1.67. The first-order valence-corrected chi connectivity index (χ1v) is 7.41. The van der Waals surface area contributed by atoms with Crippen LogP contribution < -0.4 is 4.74 Å². The summed E-state index contributed by atoms with van der Waals surface area (Å²) in [5.74, 6) is -0.252. The minimum atomic E-state index is -3.28. The van der Waals surface area contributed by atoms with Crippen LogP contribution in [0.1, 0.15) is 5.56 Å². The van der Waals surface area contributed by atoms with Crippen molar-refractivity contribution in [1.82, 2.24) is 0 Å². The van der Waals surface area contributed by atoms with Crippen LogP contribution in [0.2, 0.25) is 0 Å². The molecule has 0 aromatic heterocycles. The molecule has 1 saturated heterocycles. The Kier molecular flexibility index (Phi) is 3.46. The molecule has 19 heavy (non-hydrogen) atoms. The first-order chi connectivity index (χ1) is 8.78. The molecular formula is C11H13NO6S. The predicted molar refractivity (Wildman–Crippen MR) is 66.9 cm³/mol. The summed E-state index contributed by atoms with van der Waals surface area (Å²) in [7, 11) is -3.28. The Bertz CT molecular complexity index is 612. The third-order valence-corrected chi connectivity index (χ3v) is 4.61. The summed E-state index contributed by atoms with van der Waals surface area (Å²) in [5, 5.41) is 20.2. The number of hydrogen-bond donors (Lipinski definition) is 1. The Morgan fingerprint density at radius 2 is 2.11 bits per heavy atom. The van der Waals surface area contributed by atoms with Crippen molar-refractivity contribution < 1.29 is 23.2 Å². The first-order valence-electron chi connectivity index (χ1n) is 5.59. The molecule has 2 unspecified atom stereocenters. The minimum Gasteiger partial charge on any atom is -0.487 e. The minimum absolute atomic E-state index is 0.0352. The van der Waals surface area contributed by atoms with Crippen molar-refractivity contribution in [2.45, 2.75) is 19.1 Å². The molecule has 1 fully saturated rings. The van der Waals surface area contributed by atoms with E-state index < -0.39 is 27.0 Å². The maximum atomic E-state index is 11.3. The summed E-state index contributed by atoms with van der Waals surface area (Å²) >= 11 is 0. The smallest absolute Gasteiger partial charge is 0.272 e. The molecule has 1 heterocycles. The summed E-state index contributed by atoms with van der Waals surface area (Å²) < 4.78 is 28.0. The number of rotatable bonds is 3. The molecule has 0 spiro atoms. The van der Waals surface area contributed by atoms with Crippen LogP contribution in [-0.2, 0) is 9.84 Å². The van der Waals surface area contributed by atoms with E-state index in [-0.39, 0.29) is 17.2 Å². The number of sulfone groups is 1. The van der Waals surface area contributed by atoms with Crippen molar-refractivity contribution >= 4 is 15.5 Å². The standard InChI is InChI=1S/C11H13NO6S/c1-7-4-8(2-3-9(7)12(14)15)18-11-6-19(16,17)5-10(11)13/h2-4,10-11,13H,5-6H2,1H3. The van der Waals surface area contributed by atoms with Gasteiger partial charge >= 0.3 is 0 Å². The molecule has 2 atom stereocenters. The number of hydrogen-bond acceptors (Lipinski definition) is 6. The summed E-state index contributed by atoms with van der Waals surface area (Å²) in [5.41, 5.74) is 0.379. The fourth-order valence-electron chi connectivity index (χ4n) is 1.99. The van der Waals surface area contributed by atoms with E-state index in [1.165, 1.54) is 18.2 Å². The largest absolute Gasteiger partial charge is 0.487 e. The van der Waals surface area contributed by atoms with Crippen LogP contribution in [0.25, 0.3) is 0 Å². The number of nitro benzene ring substituents is 1. The molecule has 1 N–H and O–H groups in total. The van der Waals surface area contributed by atoms with Gasteiger partial charge in [0.2, 0.25) is 0 Å². The van der Waals surface area contributed by atoms with Crippen LogP contribution in [0.5, 0.6) is 5.75 Å². The van der Waals surface area contributed by atoms with E-state index in [9.17, 15) is 23.6 Å². The Morgan fingerprint density at radius 3 is 2.58 bits per heavy atom. The molecule has 0 bridgehead atoms. The number of nitrogens with zero attached hydrogens (tertiary/aromatic N) is 1.